The van der Waals surface area contributed by atoms with Crippen molar-refractivity contribution in [3.63, 3.8) is 0 Å². The molecule has 4 atom stereocenters. The van der Waals surface area contributed by atoms with Crippen LogP contribution < -0.4 is 4.74 Å². The molecule has 3 aromatic rings. The smallest absolute Gasteiger partial charge is 0.259 e. The lowest BCUT2D eigenvalue weighted by molar-refractivity contribution is -0.0358. The number of hydrogen-bond acceptors (Lipinski definition) is 7. The Bertz CT molecular complexity index is 1260. The molecular weight excluding hydrogens is 513 g/mol. The topological polar surface area (TPSA) is 86.0 Å². The summed E-state index contributed by atoms with van der Waals surface area (Å²) in [5.74, 6) is 0.763. The number of nitrogens with zero attached hydrogens (tertiary/aromatic N) is 3. The zero-order chi connectivity index (χ0) is 27.9. The molecule has 208 valence electrons. The zero-order valence-corrected chi connectivity index (χ0v) is 24.2. The highest BCUT2D eigenvalue weighted by Crippen LogP contribution is 2.50. The van der Waals surface area contributed by atoms with Crippen molar-refractivity contribution in [2.24, 2.45) is 0 Å². The van der Waals surface area contributed by atoms with E-state index in [1.54, 1.807) is 0 Å². The Balaban J connectivity index is 1.62. The summed E-state index contributed by atoms with van der Waals surface area (Å²) in [6, 6.07) is 18.3. The number of rotatable bonds is 13. The van der Waals surface area contributed by atoms with Crippen LogP contribution in [-0.4, -0.2) is 53.0 Å². The second kappa shape index (κ2) is 13.5. The van der Waals surface area contributed by atoms with E-state index in [0.717, 1.165) is 28.5 Å². The lowest BCUT2D eigenvalue weighted by atomic mass is 10.2. The summed E-state index contributed by atoms with van der Waals surface area (Å²) in [4.78, 5) is 11.8. The molecule has 0 N–H and O–H groups in total. The van der Waals surface area contributed by atoms with Gasteiger partial charge in [0.15, 0.2) is 6.29 Å². The average Bonchev–Trinajstić information content (AvgIpc) is 3.49. The van der Waals surface area contributed by atoms with Gasteiger partial charge in [0, 0.05) is 35.7 Å². The van der Waals surface area contributed by atoms with E-state index < -0.39 is 8.53 Å². The van der Waals surface area contributed by atoms with E-state index in [1.807, 2.05) is 66.2 Å². The van der Waals surface area contributed by atoms with Gasteiger partial charge in [0.25, 0.3) is 8.53 Å². The van der Waals surface area contributed by atoms with Crippen LogP contribution in [0.15, 0.2) is 54.7 Å². The second-order valence-electron chi connectivity index (χ2n) is 10.3. The maximum atomic E-state index is 11.8. The fraction of sp³-hybridized carbons (Fsp3) is 0.467. The molecule has 39 heavy (non-hydrogen) atoms. The Morgan fingerprint density at radius 3 is 2.54 bits per heavy atom. The van der Waals surface area contributed by atoms with Crippen LogP contribution in [0, 0.1) is 18.3 Å². The van der Waals surface area contributed by atoms with Crippen LogP contribution >= 0.6 is 8.53 Å². The van der Waals surface area contributed by atoms with Gasteiger partial charge in [-0.1, -0.05) is 35.9 Å². The molecule has 0 aliphatic carbocycles. The van der Waals surface area contributed by atoms with Crippen LogP contribution in [0.25, 0.3) is 10.9 Å². The molecule has 0 bridgehead atoms. The molecule has 4 rings (SSSR count). The number of aryl methyl sites for hydroxylation is 1. The first kappa shape index (κ1) is 29.2. The van der Waals surface area contributed by atoms with Crippen molar-refractivity contribution >= 4 is 25.7 Å². The van der Waals surface area contributed by atoms with Gasteiger partial charge in [-0.05, 0) is 52.8 Å². The SMILES string of the molecule is Cc1ccc(OC[C@H]2O[C@@H](n3cc(C=O)c4ccccc43)C[C@@H]2OP(OCCC#N)N(C(C)C)C(C)C)cc1. The summed E-state index contributed by atoms with van der Waals surface area (Å²) >= 11 is 0. The lowest BCUT2D eigenvalue weighted by Gasteiger charge is -2.37. The van der Waals surface area contributed by atoms with E-state index in [2.05, 4.69) is 38.4 Å². The first-order valence-electron chi connectivity index (χ1n) is 13.5. The number of carbonyl (C=O) groups is 1. The number of aldehydes is 1. The van der Waals surface area contributed by atoms with Gasteiger partial charge in [-0.3, -0.25) is 4.79 Å². The quantitative estimate of drug-likeness (QED) is 0.131. The average molecular weight is 552 g/mol. The molecule has 1 saturated heterocycles. The van der Waals surface area contributed by atoms with Crippen LogP contribution in [0.3, 0.4) is 0 Å². The number of ether oxygens (including phenoxy) is 2. The molecule has 1 aromatic heterocycles. The molecule has 8 nitrogen and oxygen atoms in total. The maximum Gasteiger partial charge on any atom is 0.259 e. The van der Waals surface area contributed by atoms with Gasteiger partial charge in [0.1, 0.15) is 24.7 Å². The van der Waals surface area contributed by atoms with Crippen LogP contribution in [0.2, 0.25) is 0 Å². The van der Waals surface area contributed by atoms with Crippen molar-refractivity contribution in [2.75, 3.05) is 13.2 Å². The third-order valence-electron chi connectivity index (χ3n) is 6.71. The van der Waals surface area contributed by atoms with E-state index in [0.29, 0.717) is 31.6 Å². The van der Waals surface area contributed by atoms with Crippen LogP contribution in [0.4, 0.5) is 0 Å². The van der Waals surface area contributed by atoms with Crippen LogP contribution in [0.5, 0.6) is 5.75 Å². The molecule has 0 amide bonds. The first-order chi connectivity index (χ1) is 18.8. The zero-order valence-electron chi connectivity index (χ0n) is 23.3. The van der Waals surface area contributed by atoms with Crippen molar-refractivity contribution in [2.45, 2.75) is 78.0 Å². The number of nitriles is 1. The number of para-hydroxylation sites is 1. The van der Waals surface area contributed by atoms with Crippen molar-refractivity contribution < 1.29 is 23.3 Å². The number of benzene rings is 2. The molecule has 1 aliphatic rings. The largest absolute Gasteiger partial charge is 0.491 e. The maximum absolute atomic E-state index is 11.8. The summed E-state index contributed by atoms with van der Waals surface area (Å²) in [6.07, 6.45) is 2.54. The molecule has 2 heterocycles. The minimum Gasteiger partial charge on any atom is -0.491 e. The van der Waals surface area contributed by atoms with E-state index >= 15 is 0 Å². The highest BCUT2D eigenvalue weighted by atomic mass is 31.2. The molecule has 1 aliphatic heterocycles. The monoisotopic (exact) mass is 551 g/mol. The lowest BCUT2D eigenvalue weighted by Crippen LogP contribution is -2.37. The third-order valence-corrected chi connectivity index (χ3v) is 8.87. The van der Waals surface area contributed by atoms with Gasteiger partial charge < -0.3 is 23.1 Å². The van der Waals surface area contributed by atoms with Gasteiger partial charge in [-0.25, -0.2) is 4.67 Å². The Morgan fingerprint density at radius 1 is 1.15 bits per heavy atom. The number of aromatic nitrogens is 1. The summed E-state index contributed by atoms with van der Waals surface area (Å²) in [6.45, 7) is 11.1. The molecule has 1 unspecified atom stereocenters. The molecule has 1 fully saturated rings. The van der Waals surface area contributed by atoms with Crippen molar-refractivity contribution in [1.29, 1.82) is 5.26 Å². The normalized spacial score (nSPS) is 20.1. The highest BCUT2D eigenvalue weighted by molar-refractivity contribution is 7.44. The van der Waals surface area contributed by atoms with Crippen molar-refractivity contribution in [1.82, 2.24) is 9.24 Å². The number of fused-ring (bicyclic) bond motifs is 1. The van der Waals surface area contributed by atoms with Gasteiger partial charge in [0.05, 0.1) is 30.7 Å². The molecular formula is C30H38N3O5P. The number of hydrogen-bond donors (Lipinski definition) is 0. The van der Waals surface area contributed by atoms with Gasteiger partial charge in [0.2, 0.25) is 0 Å². The fourth-order valence-electron chi connectivity index (χ4n) is 4.92. The molecule has 2 aromatic carbocycles. The van der Waals surface area contributed by atoms with Gasteiger partial charge >= 0.3 is 0 Å². The molecule has 0 spiro atoms. The summed E-state index contributed by atoms with van der Waals surface area (Å²) in [5, 5.41) is 9.98. The molecule has 0 saturated carbocycles. The molecule has 9 heteroatoms. The molecule has 0 radical (unpaired) electrons. The predicted octanol–water partition coefficient (Wildman–Crippen LogP) is 6.79. The van der Waals surface area contributed by atoms with Crippen molar-refractivity contribution in [3.05, 3.63) is 65.9 Å². The standard InChI is InChI=1S/C30H38N3O5P/c1-21(2)33(22(3)4)39(36-16-8-15-31)38-28-17-30(32-18-24(19-34)26-9-6-7-10-27(26)32)37-29(28)20-35-25-13-11-23(5)12-14-25/h6-7,9-14,18-19,21-22,28-30H,8,16-17,20H2,1-5H3/t28-,29+,30+,39?/m0/s1. The predicted molar refractivity (Wildman–Crippen MR) is 153 cm³/mol. The fourth-order valence-corrected chi connectivity index (χ4v) is 6.68. The summed E-state index contributed by atoms with van der Waals surface area (Å²) in [7, 11) is -1.46. The minimum absolute atomic E-state index is 0.183. The number of carbonyl (C=O) groups excluding carboxylic acids is 1. The summed E-state index contributed by atoms with van der Waals surface area (Å²) < 4.78 is 29.9. The van der Waals surface area contributed by atoms with E-state index in [4.69, 9.17) is 23.8 Å². The second-order valence-corrected chi connectivity index (χ2v) is 11.7. The van der Waals surface area contributed by atoms with Crippen LogP contribution in [-0.2, 0) is 13.8 Å². The van der Waals surface area contributed by atoms with E-state index in [-0.39, 0.29) is 30.5 Å². The minimum atomic E-state index is -1.46. The van der Waals surface area contributed by atoms with Gasteiger partial charge in [-0.2, -0.15) is 5.26 Å². The van der Waals surface area contributed by atoms with Crippen LogP contribution in [0.1, 0.15) is 62.7 Å². The Kier molecular flexibility index (Phi) is 10.1. The van der Waals surface area contributed by atoms with E-state index in [9.17, 15) is 4.79 Å². The Labute approximate surface area is 232 Å². The van der Waals surface area contributed by atoms with Crippen molar-refractivity contribution in [3.8, 4) is 11.8 Å². The Hall–Kier alpha value is -2.79. The highest BCUT2D eigenvalue weighted by Gasteiger charge is 2.42. The first-order valence-corrected chi connectivity index (χ1v) is 14.6. The summed E-state index contributed by atoms with van der Waals surface area (Å²) in [5.41, 5.74) is 2.72. The third kappa shape index (κ3) is 7.05. The van der Waals surface area contributed by atoms with E-state index in [1.165, 1.54) is 0 Å². The Morgan fingerprint density at radius 2 is 1.87 bits per heavy atom. The van der Waals surface area contributed by atoms with Gasteiger partial charge in [-0.15, -0.1) is 0 Å².